The minimum absolute atomic E-state index is 0.118. The molecule has 1 N–H and O–H groups in total. The molecule has 0 aliphatic rings. The fourth-order valence-electron chi connectivity index (χ4n) is 1.91. The fraction of sp³-hybridized carbons (Fsp3) is 0.286. The predicted molar refractivity (Wildman–Crippen MR) is 79.4 cm³/mol. The van der Waals surface area contributed by atoms with Crippen molar-refractivity contribution in [3.8, 4) is 5.69 Å². The molecule has 106 valence electrons. The number of halogens is 1. The van der Waals surface area contributed by atoms with Crippen LogP contribution >= 0.6 is 11.6 Å². The second-order valence-electron chi connectivity index (χ2n) is 4.65. The van der Waals surface area contributed by atoms with Gasteiger partial charge in [0.1, 0.15) is 0 Å². The van der Waals surface area contributed by atoms with Crippen LogP contribution in [0.1, 0.15) is 16.1 Å². The van der Waals surface area contributed by atoms with Crippen molar-refractivity contribution in [3.63, 3.8) is 0 Å². The van der Waals surface area contributed by atoms with Gasteiger partial charge in [0.2, 0.25) is 0 Å². The maximum atomic E-state index is 11.9. The molecular formula is C14H17ClN4O. The van der Waals surface area contributed by atoms with Gasteiger partial charge < -0.3 is 10.2 Å². The zero-order valence-corrected chi connectivity index (χ0v) is 12.5. The summed E-state index contributed by atoms with van der Waals surface area (Å²) in [5, 5.41) is 8.10. The predicted octanol–water partition coefficient (Wildman–Crippen LogP) is 1.95. The quantitative estimate of drug-likeness (QED) is 0.937. The van der Waals surface area contributed by atoms with Gasteiger partial charge in [0.15, 0.2) is 5.69 Å². The summed E-state index contributed by atoms with van der Waals surface area (Å²) in [7, 11) is 5.28. The largest absolute Gasteiger partial charge is 0.343 e. The molecule has 1 amide bonds. The SMILES string of the molecule is CNCc1cc(Cl)ccc1-n1ccc(C(=O)N(C)C)n1. The Morgan fingerprint density at radius 3 is 2.80 bits per heavy atom. The van der Waals surface area contributed by atoms with E-state index in [4.69, 9.17) is 11.6 Å². The van der Waals surface area contributed by atoms with Crippen molar-refractivity contribution in [1.82, 2.24) is 20.0 Å². The molecule has 0 aliphatic carbocycles. The molecule has 0 unspecified atom stereocenters. The number of hydrogen-bond donors (Lipinski definition) is 1. The topological polar surface area (TPSA) is 50.2 Å². The van der Waals surface area contributed by atoms with Crippen molar-refractivity contribution >= 4 is 17.5 Å². The summed E-state index contributed by atoms with van der Waals surface area (Å²) in [6, 6.07) is 7.31. The minimum Gasteiger partial charge on any atom is -0.343 e. The second-order valence-corrected chi connectivity index (χ2v) is 5.08. The van der Waals surface area contributed by atoms with Crippen LogP contribution in [0.4, 0.5) is 0 Å². The molecule has 20 heavy (non-hydrogen) atoms. The highest BCUT2D eigenvalue weighted by Crippen LogP contribution is 2.19. The molecule has 6 heteroatoms. The van der Waals surface area contributed by atoms with E-state index < -0.39 is 0 Å². The lowest BCUT2D eigenvalue weighted by atomic mass is 10.2. The maximum Gasteiger partial charge on any atom is 0.273 e. The van der Waals surface area contributed by atoms with Crippen LogP contribution in [0.5, 0.6) is 0 Å². The van der Waals surface area contributed by atoms with E-state index >= 15 is 0 Å². The van der Waals surface area contributed by atoms with Gasteiger partial charge in [-0.2, -0.15) is 5.10 Å². The molecule has 1 aromatic carbocycles. The molecular weight excluding hydrogens is 276 g/mol. The van der Waals surface area contributed by atoms with Crippen LogP contribution in [0.25, 0.3) is 5.69 Å². The first-order valence-electron chi connectivity index (χ1n) is 6.23. The third-order valence-electron chi connectivity index (χ3n) is 2.87. The lowest BCUT2D eigenvalue weighted by Crippen LogP contribution is -2.22. The molecule has 0 aliphatic heterocycles. The van der Waals surface area contributed by atoms with Gasteiger partial charge >= 0.3 is 0 Å². The zero-order chi connectivity index (χ0) is 14.7. The van der Waals surface area contributed by atoms with E-state index in [1.165, 1.54) is 4.90 Å². The summed E-state index contributed by atoms with van der Waals surface area (Å²) in [4.78, 5) is 13.4. The molecule has 0 atom stereocenters. The van der Waals surface area contributed by atoms with Crippen LogP contribution in [0.2, 0.25) is 5.02 Å². The molecule has 5 nitrogen and oxygen atoms in total. The first-order valence-corrected chi connectivity index (χ1v) is 6.61. The van der Waals surface area contributed by atoms with Crippen molar-refractivity contribution in [2.75, 3.05) is 21.1 Å². The highest BCUT2D eigenvalue weighted by atomic mass is 35.5. The highest BCUT2D eigenvalue weighted by molar-refractivity contribution is 6.30. The zero-order valence-electron chi connectivity index (χ0n) is 11.7. The molecule has 0 bridgehead atoms. The average molecular weight is 293 g/mol. The van der Waals surface area contributed by atoms with Crippen molar-refractivity contribution in [2.45, 2.75) is 6.54 Å². The van der Waals surface area contributed by atoms with Gasteiger partial charge in [-0.25, -0.2) is 4.68 Å². The molecule has 0 fully saturated rings. The number of amides is 1. The average Bonchev–Trinajstić information content (AvgIpc) is 2.87. The van der Waals surface area contributed by atoms with Gasteiger partial charge in [-0.05, 0) is 36.9 Å². The van der Waals surface area contributed by atoms with E-state index in [9.17, 15) is 4.79 Å². The Labute approximate surface area is 123 Å². The van der Waals surface area contributed by atoms with Gasteiger partial charge in [-0.15, -0.1) is 0 Å². The Kier molecular flexibility index (Phi) is 4.42. The third kappa shape index (κ3) is 3.00. The van der Waals surface area contributed by atoms with Crippen molar-refractivity contribution in [3.05, 3.63) is 46.7 Å². The summed E-state index contributed by atoms with van der Waals surface area (Å²) in [5.74, 6) is -0.118. The molecule has 0 saturated carbocycles. The number of nitrogens with zero attached hydrogens (tertiary/aromatic N) is 3. The van der Waals surface area contributed by atoms with E-state index in [2.05, 4.69) is 10.4 Å². The van der Waals surface area contributed by atoms with Crippen molar-refractivity contribution in [2.24, 2.45) is 0 Å². The molecule has 2 aromatic rings. The van der Waals surface area contributed by atoms with Gasteiger partial charge in [0.05, 0.1) is 5.69 Å². The normalized spacial score (nSPS) is 10.6. The summed E-state index contributed by atoms with van der Waals surface area (Å²) < 4.78 is 1.69. The van der Waals surface area contributed by atoms with Crippen LogP contribution in [0.15, 0.2) is 30.5 Å². The summed E-state index contributed by atoms with van der Waals surface area (Å²) in [5.41, 5.74) is 2.34. The first-order chi connectivity index (χ1) is 9.52. The third-order valence-corrected chi connectivity index (χ3v) is 3.11. The van der Waals surface area contributed by atoms with E-state index in [-0.39, 0.29) is 5.91 Å². The first kappa shape index (κ1) is 14.6. The monoisotopic (exact) mass is 292 g/mol. The summed E-state index contributed by atoms with van der Waals surface area (Å²) in [6.07, 6.45) is 1.78. The number of aromatic nitrogens is 2. The Morgan fingerprint density at radius 2 is 2.15 bits per heavy atom. The summed E-state index contributed by atoms with van der Waals surface area (Å²) >= 11 is 6.02. The number of nitrogens with one attached hydrogen (secondary N) is 1. The number of carbonyl (C=O) groups is 1. The van der Waals surface area contributed by atoms with Gasteiger partial charge in [-0.1, -0.05) is 11.6 Å². The molecule has 0 spiro atoms. The minimum atomic E-state index is -0.118. The van der Waals surface area contributed by atoms with Crippen molar-refractivity contribution < 1.29 is 4.79 Å². The second kappa shape index (κ2) is 6.07. The number of benzene rings is 1. The molecule has 0 saturated heterocycles. The Bertz CT molecular complexity index is 621. The molecule has 2 rings (SSSR count). The van der Waals surface area contributed by atoms with Crippen LogP contribution in [-0.2, 0) is 6.54 Å². The molecule has 1 aromatic heterocycles. The van der Waals surface area contributed by atoms with E-state index in [0.717, 1.165) is 11.3 Å². The maximum absolute atomic E-state index is 11.9. The Balaban J connectivity index is 2.39. The summed E-state index contributed by atoms with van der Waals surface area (Å²) in [6.45, 7) is 0.673. The van der Waals surface area contributed by atoms with Crippen LogP contribution in [0.3, 0.4) is 0 Å². The van der Waals surface area contributed by atoms with Crippen LogP contribution in [0, 0.1) is 0 Å². The number of carbonyl (C=O) groups excluding carboxylic acids is 1. The fourth-order valence-corrected chi connectivity index (χ4v) is 2.11. The highest BCUT2D eigenvalue weighted by Gasteiger charge is 2.13. The van der Waals surface area contributed by atoms with Crippen LogP contribution < -0.4 is 5.32 Å². The lowest BCUT2D eigenvalue weighted by Gasteiger charge is -2.10. The van der Waals surface area contributed by atoms with Crippen molar-refractivity contribution in [1.29, 1.82) is 0 Å². The number of hydrogen-bond acceptors (Lipinski definition) is 3. The number of rotatable bonds is 4. The Morgan fingerprint density at radius 1 is 1.40 bits per heavy atom. The van der Waals surface area contributed by atoms with Gasteiger partial charge in [-0.3, -0.25) is 4.79 Å². The lowest BCUT2D eigenvalue weighted by molar-refractivity contribution is 0.0821. The standard InChI is InChI=1S/C14H17ClN4O/c1-16-9-10-8-11(15)4-5-13(10)19-7-6-12(17-19)14(20)18(2)3/h4-8,16H,9H2,1-3H3. The van der Waals surface area contributed by atoms with E-state index in [1.54, 1.807) is 31.0 Å². The van der Waals surface area contributed by atoms with Gasteiger partial charge in [0, 0.05) is 31.9 Å². The molecule has 0 radical (unpaired) electrons. The van der Waals surface area contributed by atoms with E-state index in [1.807, 2.05) is 25.2 Å². The Hall–Kier alpha value is -1.85. The van der Waals surface area contributed by atoms with Gasteiger partial charge in [0.25, 0.3) is 5.91 Å². The van der Waals surface area contributed by atoms with E-state index in [0.29, 0.717) is 17.3 Å². The molecule has 1 heterocycles. The van der Waals surface area contributed by atoms with Crippen LogP contribution in [-0.4, -0.2) is 41.7 Å². The smallest absolute Gasteiger partial charge is 0.273 e.